The Hall–Kier alpha value is -4.42. The van der Waals surface area contributed by atoms with Crippen LogP contribution in [0.4, 0.5) is 11.4 Å². The Balaban J connectivity index is 1.57. The zero-order chi connectivity index (χ0) is 26.9. The Morgan fingerprint density at radius 3 is 2.46 bits per heavy atom. The first-order valence-corrected chi connectivity index (χ1v) is 13.2. The first-order chi connectivity index (χ1) is 18.9. The summed E-state index contributed by atoms with van der Waals surface area (Å²) in [5, 5.41) is 3.32. The van der Waals surface area contributed by atoms with E-state index < -0.39 is 29.2 Å². The zero-order valence-electron chi connectivity index (χ0n) is 20.9. The van der Waals surface area contributed by atoms with Crippen molar-refractivity contribution in [1.82, 2.24) is 0 Å². The number of Topliss-reactive ketones (excluding diaryl/α,β-unsaturated/α-hetero) is 2. The predicted molar refractivity (Wildman–Crippen MR) is 149 cm³/mol. The second-order valence-corrected chi connectivity index (χ2v) is 10.6. The molecule has 3 aliphatic rings. The monoisotopic (exact) mass is 534 g/mol. The topological polar surface area (TPSA) is 79.6 Å². The van der Waals surface area contributed by atoms with E-state index in [-0.39, 0.29) is 22.5 Å². The number of carbonyl (C=O) groups is 3. The Labute approximate surface area is 229 Å². The summed E-state index contributed by atoms with van der Waals surface area (Å²) in [7, 11) is 0. The minimum Gasteiger partial charge on any atom is -0.461 e. The molecule has 3 aliphatic heterocycles. The number of carbonyl (C=O) groups excluding carboxylic acids is 3. The maximum Gasteiger partial charge on any atom is 0.238 e. The van der Waals surface area contributed by atoms with Gasteiger partial charge in [-0.15, -0.1) is 0 Å². The van der Waals surface area contributed by atoms with Crippen LogP contribution in [0, 0.1) is 5.92 Å². The molecule has 4 aromatic rings. The van der Waals surface area contributed by atoms with Gasteiger partial charge in [0.15, 0.2) is 11.5 Å². The quantitative estimate of drug-likeness (QED) is 0.316. The molecule has 4 atom stereocenters. The van der Waals surface area contributed by atoms with Gasteiger partial charge in [0.2, 0.25) is 11.7 Å². The lowest BCUT2D eigenvalue weighted by Gasteiger charge is -2.39. The van der Waals surface area contributed by atoms with Crippen LogP contribution in [0.15, 0.2) is 102 Å². The van der Waals surface area contributed by atoms with E-state index in [1.807, 2.05) is 66.4 Å². The van der Waals surface area contributed by atoms with Crippen LogP contribution in [0.5, 0.6) is 0 Å². The molecule has 1 fully saturated rings. The van der Waals surface area contributed by atoms with Gasteiger partial charge in [0, 0.05) is 22.5 Å². The number of nitrogens with zero attached hydrogens (tertiary/aromatic N) is 1. The average molecular weight is 535 g/mol. The van der Waals surface area contributed by atoms with Crippen LogP contribution >= 0.6 is 11.6 Å². The second-order valence-electron chi connectivity index (χ2n) is 10.2. The van der Waals surface area contributed by atoms with E-state index in [1.165, 1.54) is 6.26 Å². The highest BCUT2D eigenvalue weighted by Gasteiger charge is 2.70. The van der Waals surface area contributed by atoms with Crippen molar-refractivity contribution in [2.45, 2.75) is 24.4 Å². The number of allylic oxidation sites excluding steroid dienone is 1. The molecule has 1 spiro atoms. The van der Waals surface area contributed by atoms with Crippen molar-refractivity contribution in [3.8, 4) is 0 Å². The molecule has 1 N–H and O–H groups in total. The minimum atomic E-state index is -1.39. The number of para-hydroxylation sites is 2. The van der Waals surface area contributed by atoms with Gasteiger partial charge in [-0.2, -0.15) is 0 Å². The van der Waals surface area contributed by atoms with Gasteiger partial charge in [0.25, 0.3) is 0 Å². The Bertz CT molecular complexity index is 1710. The molecule has 3 aromatic carbocycles. The zero-order valence-corrected chi connectivity index (χ0v) is 21.7. The first kappa shape index (κ1) is 23.7. The van der Waals surface area contributed by atoms with Crippen molar-refractivity contribution in [2.75, 3.05) is 10.2 Å². The molecule has 39 heavy (non-hydrogen) atoms. The van der Waals surface area contributed by atoms with Gasteiger partial charge in [-0.05, 0) is 54.5 Å². The van der Waals surface area contributed by atoms with Crippen LogP contribution in [-0.4, -0.2) is 29.6 Å². The summed E-state index contributed by atoms with van der Waals surface area (Å²) < 4.78 is 5.58. The summed E-state index contributed by atoms with van der Waals surface area (Å²) >= 11 is 6.55. The van der Waals surface area contributed by atoms with Crippen molar-refractivity contribution in [1.29, 1.82) is 0 Å². The van der Waals surface area contributed by atoms with E-state index >= 15 is 0 Å². The van der Waals surface area contributed by atoms with Crippen LogP contribution in [0.3, 0.4) is 0 Å². The smallest absolute Gasteiger partial charge is 0.238 e. The van der Waals surface area contributed by atoms with Gasteiger partial charge in [0.1, 0.15) is 11.5 Å². The molecule has 0 radical (unpaired) electrons. The molecule has 4 unspecified atom stereocenters. The summed E-state index contributed by atoms with van der Waals surface area (Å²) in [5.74, 6) is -2.05. The Morgan fingerprint density at radius 2 is 1.67 bits per heavy atom. The fourth-order valence-electron chi connectivity index (χ4n) is 6.78. The van der Waals surface area contributed by atoms with Crippen LogP contribution in [0.25, 0.3) is 5.57 Å². The third-order valence-corrected chi connectivity index (χ3v) is 8.67. The summed E-state index contributed by atoms with van der Waals surface area (Å²) in [6, 6.07) is 23.6. The molecule has 0 bridgehead atoms. The molecule has 7 heteroatoms. The maximum atomic E-state index is 14.6. The molecule has 0 saturated carbocycles. The molecule has 1 aromatic heterocycles. The number of benzene rings is 3. The third kappa shape index (κ3) is 3.12. The fourth-order valence-corrected chi connectivity index (χ4v) is 7.01. The highest BCUT2D eigenvalue weighted by atomic mass is 35.5. The number of anilines is 2. The molecule has 6 nitrogen and oxygen atoms in total. The number of ketones is 2. The fraction of sp³-hybridized carbons (Fsp3) is 0.156. The molecule has 1 amide bonds. The van der Waals surface area contributed by atoms with Crippen molar-refractivity contribution in [2.24, 2.45) is 5.92 Å². The number of furan rings is 1. The van der Waals surface area contributed by atoms with E-state index in [9.17, 15) is 14.4 Å². The van der Waals surface area contributed by atoms with Gasteiger partial charge in [0.05, 0.1) is 23.2 Å². The number of rotatable bonds is 4. The van der Waals surface area contributed by atoms with Crippen molar-refractivity contribution in [3.05, 3.63) is 125 Å². The van der Waals surface area contributed by atoms with Gasteiger partial charge < -0.3 is 14.6 Å². The van der Waals surface area contributed by atoms with Crippen LogP contribution in [0.2, 0.25) is 5.02 Å². The lowest BCUT2D eigenvalue weighted by atomic mass is 9.64. The van der Waals surface area contributed by atoms with Crippen molar-refractivity contribution >= 4 is 46.0 Å². The van der Waals surface area contributed by atoms with Crippen LogP contribution in [-0.2, 0) is 10.2 Å². The molecular formula is C32H23ClN2O4. The maximum absolute atomic E-state index is 14.6. The normalized spacial score (nSPS) is 24.6. The average Bonchev–Trinajstić information content (AvgIpc) is 3.66. The lowest BCUT2D eigenvalue weighted by molar-refractivity contribution is -0.121. The number of amides is 1. The van der Waals surface area contributed by atoms with Gasteiger partial charge in [-0.25, -0.2) is 0 Å². The molecule has 4 heterocycles. The van der Waals surface area contributed by atoms with Gasteiger partial charge >= 0.3 is 0 Å². The van der Waals surface area contributed by atoms with Crippen LogP contribution < -0.4 is 10.2 Å². The summed E-state index contributed by atoms with van der Waals surface area (Å²) in [6.07, 6.45) is 3.45. The summed E-state index contributed by atoms with van der Waals surface area (Å²) in [5.41, 5.74) is 2.93. The number of fused-ring (bicyclic) bond motifs is 6. The van der Waals surface area contributed by atoms with Crippen molar-refractivity contribution < 1.29 is 18.8 Å². The van der Waals surface area contributed by atoms with E-state index in [0.717, 1.165) is 16.8 Å². The number of hydrogen-bond acceptors (Lipinski definition) is 5. The van der Waals surface area contributed by atoms with E-state index in [0.29, 0.717) is 16.8 Å². The summed E-state index contributed by atoms with van der Waals surface area (Å²) in [6.45, 7) is 2.00. The molecular weight excluding hydrogens is 512 g/mol. The van der Waals surface area contributed by atoms with Gasteiger partial charge in [-0.3, -0.25) is 14.4 Å². The Morgan fingerprint density at radius 1 is 0.923 bits per heavy atom. The standard InChI is InChI=1S/C32H23ClN2O4/c1-18-17-26-32(21-11-4-6-13-23(21)34-31(32)38)27(30(37)25-15-8-16-39-25)28(29(36)20-10-2-5-12-22(20)33)35(26)24-14-7-3-9-19(18)24/h2-17,26-28H,1H3,(H,34,38). The highest BCUT2D eigenvalue weighted by Crippen LogP contribution is 2.59. The Kier molecular flexibility index (Phi) is 5.19. The molecule has 192 valence electrons. The lowest BCUT2D eigenvalue weighted by Crippen LogP contribution is -2.51. The predicted octanol–water partition coefficient (Wildman–Crippen LogP) is 6.18. The molecule has 0 aliphatic carbocycles. The van der Waals surface area contributed by atoms with Crippen molar-refractivity contribution in [3.63, 3.8) is 0 Å². The summed E-state index contributed by atoms with van der Waals surface area (Å²) in [4.78, 5) is 45.3. The van der Waals surface area contributed by atoms with Crippen LogP contribution in [0.1, 0.15) is 39.0 Å². The molecule has 7 rings (SSSR count). The minimum absolute atomic E-state index is 0.0994. The third-order valence-electron chi connectivity index (χ3n) is 8.34. The number of hydrogen-bond donors (Lipinski definition) is 1. The largest absolute Gasteiger partial charge is 0.461 e. The highest BCUT2D eigenvalue weighted by molar-refractivity contribution is 6.34. The SMILES string of the molecule is CC1=CC2N(c3ccccc31)C(C(=O)c1ccccc1Cl)C(C(=O)c1ccco1)C21C(=O)Nc2ccccc21. The van der Waals surface area contributed by atoms with E-state index in [2.05, 4.69) is 5.32 Å². The number of halogens is 1. The number of nitrogens with one attached hydrogen (secondary N) is 1. The molecule has 1 saturated heterocycles. The van der Waals surface area contributed by atoms with Gasteiger partial charge in [-0.1, -0.05) is 66.2 Å². The van der Waals surface area contributed by atoms with E-state index in [4.69, 9.17) is 16.0 Å². The second kappa shape index (κ2) is 8.55. The first-order valence-electron chi connectivity index (χ1n) is 12.8. The van der Waals surface area contributed by atoms with E-state index in [1.54, 1.807) is 36.4 Å².